The van der Waals surface area contributed by atoms with Crippen molar-refractivity contribution >= 4 is 10.9 Å². The minimum atomic E-state index is -0.0503. The fourth-order valence-electron chi connectivity index (χ4n) is 2.95. The zero-order valence-corrected chi connectivity index (χ0v) is 12.4. The zero-order chi connectivity index (χ0) is 14.7. The van der Waals surface area contributed by atoms with Gasteiger partial charge in [0.15, 0.2) is 0 Å². The smallest absolute Gasteiger partial charge is 0.258 e. The van der Waals surface area contributed by atoms with Crippen LogP contribution in [0.25, 0.3) is 10.9 Å². The number of benzene rings is 1. The van der Waals surface area contributed by atoms with Gasteiger partial charge in [0.25, 0.3) is 5.56 Å². The summed E-state index contributed by atoms with van der Waals surface area (Å²) in [5.41, 5.74) is 0.719. The molecule has 0 saturated carbocycles. The molecule has 1 atom stereocenters. The first-order chi connectivity index (χ1) is 10.3. The lowest BCUT2D eigenvalue weighted by molar-refractivity contribution is 0.248. The van der Waals surface area contributed by atoms with Gasteiger partial charge in [0.05, 0.1) is 17.4 Å². The van der Waals surface area contributed by atoms with Crippen LogP contribution in [-0.4, -0.2) is 40.5 Å². The van der Waals surface area contributed by atoms with E-state index in [0.29, 0.717) is 18.0 Å². The second-order valence-corrected chi connectivity index (χ2v) is 5.65. The van der Waals surface area contributed by atoms with Crippen molar-refractivity contribution in [1.82, 2.24) is 20.2 Å². The predicted octanol–water partition coefficient (Wildman–Crippen LogP) is 1.50. The van der Waals surface area contributed by atoms with Crippen LogP contribution in [-0.2, 0) is 6.54 Å². The Balaban J connectivity index is 1.77. The molecule has 0 radical (unpaired) electrons. The van der Waals surface area contributed by atoms with E-state index in [0.717, 1.165) is 31.0 Å². The minimum Gasteiger partial charge on any atom is -0.313 e. The van der Waals surface area contributed by atoms with Gasteiger partial charge in [0.1, 0.15) is 5.82 Å². The lowest BCUT2D eigenvalue weighted by Gasteiger charge is -2.23. The molecular weight excluding hydrogens is 264 g/mol. The lowest BCUT2D eigenvalue weighted by atomic mass is 10.2. The highest BCUT2D eigenvalue weighted by atomic mass is 16.1. The fourth-order valence-corrected chi connectivity index (χ4v) is 2.95. The molecule has 1 aliphatic rings. The van der Waals surface area contributed by atoms with Gasteiger partial charge in [0.2, 0.25) is 0 Å². The van der Waals surface area contributed by atoms with Crippen LogP contribution >= 0.6 is 0 Å². The average Bonchev–Trinajstić information content (AvgIpc) is 2.99. The molecule has 0 spiro atoms. The van der Waals surface area contributed by atoms with Crippen LogP contribution in [0, 0.1) is 0 Å². The number of aromatic amines is 1. The molecular formula is C16H22N4O. The van der Waals surface area contributed by atoms with Gasteiger partial charge in [-0.25, -0.2) is 4.98 Å². The molecule has 1 saturated heterocycles. The molecule has 1 aliphatic heterocycles. The average molecular weight is 286 g/mol. The molecule has 1 fully saturated rings. The van der Waals surface area contributed by atoms with E-state index >= 15 is 0 Å². The summed E-state index contributed by atoms with van der Waals surface area (Å²) in [6, 6.07) is 8.05. The molecule has 112 valence electrons. The molecule has 2 heterocycles. The molecule has 0 bridgehead atoms. The second kappa shape index (κ2) is 6.37. The number of H-pyrrole nitrogens is 1. The van der Waals surface area contributed by atoms with Crippen molar-refractivity contribution < 1.29 is 0 Å². The highest BCUT2D eigenvalue weighted by Gasteiger charge is 2.17. The topological polar surface area (TPSA) is 61.0 Å². The Morgan fingerprint density at radius 3 is 3.00 bits per heavy atom. The van der Waals surface area contributed by atoms with Gasteiger partial charge in [-0.2, -0.15) is 0 Å². The monoisotopic (exact) mass is 286 g/mol. The fraction of sp³-hybridized carbons (Fsp3) is 0.500. The maximum Gasteiger partial charge on any atom is 0.258 e. The zero-order valence-electron chi connectivity index (χ0n) is 12.4. The van der Waals surface area contributed by atoms with Gasteiger partial charge in [-0.05, 0) is 38.1 Å². The number of nitrogens with one attached hydrogen (secondary N) is 2. The van der Waals surface area contributed by atoms with Gasteiger partial charge in [-0.3, -0.25) is 9.69 Å². The van der Waals surface area contributed by atoms with E-state index in [9.17, 15) is 4.79 Å². The number of para-hydroxylation sites is 1. The van der Waals surface area contributed by atoms with Crippen molar-refractivity contribution in [3.05, 3.63) is 40.4 Å². The number of fused-ring (bicyclic) bond motifs is 1. The molecule has 3 rings (SSSR count). The Labute approximate surface area is 124 Å². The van der Waals surface area contributed by atoms with E-state index in [-0.39, 0.29) is 5.56 Å². The van der Waals surface area contributed by atoms with Crippen LogP contribution < -0.4 is 10.9 Å². The van der Waals surface area contributed by atoms with Crippen molar-refractivity contribution in [2.75, 3.05) is 19.6 Å². The van der Waals surface area contributed by atoms with Gasteiger partial charge >= 0.3 is 0 Å². The summed E-state index contributed by atoms with van der Waals surface area (Å²) in [5, 5.41) is 4.17. The summed E-state index contributed by atoms with van der Waals surface area (Å²) in [5.74, 6) is 0.749. The van der Waals surface area contributed by atoms with Gasteiger partial charge < -0.3 is 10.3 Å². The molecule has 5 heteroatoms. The molecule has 5 nitrogen and oxygen atoms in total. The van der Waals surface area contributed by atoms with E-state index in [4.69, 9.17) is 0 Å². The van der Waals surface area contributed by atoms with Crippen molar-refractivity contribution in [2.45, 2.75) is 32.4 Å². The molecule has 0 aliphatic carbocycles. The third-order valence-corrected chi connectivity index (χ3v) is 4.12. The number of likely N-dealkylation sites (N-methyl/N-ethyl adjacent to an activating group) is 1. The molecule has 1 aromatic carbocycles. The number of hydrogen-bond donors (Lipinski definition) is 2. The first kappa shape index (κ1) is 14.2. The van der Waals surface area contributed by atoms with Crippen molar-refractivity contribution in [1.29, 1.82) is 0 Å². The number of hydrogen-bond acceptors (Lipinski definition) is 4. The van der Waals surface area contributed by atoms with E-state index in [1.54, 1.807) is 0 Å². The van der Waals surface area contributed by atoms with Crippen molar-refractivity contribution in [3.63, 3.8) is 0 Å². The van der Waals surface area contributed by atoms with Gasteiger partial charge in [-0.1, -0.05) is 19.1 Å². The second-order valence-electron chi connectivity index (χ2n) is 5.65. The summed E-state index contributed by atoms with van der Waals surface area (Å²) < 4.78 is 0. The molecule has 1 aromatic heterocycles. The van der Waals surface area contributed by atoms with Gasteiger partial charge in [0, 0.05) is 12.6 Å². The normalized spacial score (nSPS) is 18.7. The Kier molecular flexibility index (Phi) is 4.31. The summed E-state index contributed by atoms with van der Waals surface area (Å²) in [6.07, 6.45) is 2.49. The van der Waals surface area contributed by atoms with Crippen LogP contribution in [0.5, 0.6) is 0 Å². The molecule has 0 amide bonds. The van der Waals surface area contributed by atoms with Crippen LogP contribution in [0.15, 0.2) is 29.1 Å². The van der Waals surface area contributed by atoms with E-state index in [1.807, 2.05) is 24.3 Å². The SMILES string of the molecule is CCN(Cc1nc2ccccc2c(=O)[nH]1)CC1CCCN1. The maximum absolute atomic E-state index is 12.1. The Bertz CT molecular complexity index is 661. The number of rotatable bonds is 5. The largest absolute Gasteiger partial charge is 0.313 e. The Morgan fingerprint density at radius 2 is 2.24 bits per heavy atom. The number of aromatic nitrogens is 2. The van der Waals surface area contributed by atoms with E-state index in [2.05, 4.69) is 27.1 Å². The predicted molar refractivity (Wildman–Crippen MR) is 84.3 cm³/mol. The quantitative estimate of drug-likeness (QED) is 0.874. The summed E-state index contributed by atoms with van der Waals surface area (Å²) in [6.45, 7) is 5.91. The van der Waals surface area contributed by atoms with E-state index in [1.165, 1.54) is 12.8 Å². The van der Waals surface area contributed by atoms with E-state index < -0.39 is 0 Å². The standard InChI is InChI=1S/C16H22N4O/c1-2-20(10-12-6-5-9-17-12)11-15-18-14-8-4-3-7-13(14)16(21)19-15/h3-4,7-8,12,17H,2,5-6,9-11H2,1H3,(H,18,19,21). The minimum absolute atomic E-state index is 0.0503. The third kappa shape index (κ3) is 3.31. The summed E-state index contributed by atoms with van der Waals surface area (Å²) >= 11 is 0. The molecule has 2 aromatic rings. The molecule has 1 unspecified atom stereocenters. The highest BCUT2D eigenvalue weighted by molar-refractivity contribution is 5.77. The highest BCUT2D eigenvalue weighted by Crippen LogP contribution is 2.10. The first-order valence-electron chi connectivity index (χ1n) is 7.70. The Hall–Kier alpha value is -1.72. The first-order valence-corrected chi connectivity index (χ1v) is 7.70. The number of nitrogens with zero attached hydrogens (tertiary/aromatic N) is 2. The van der Waals surface area contributed by atoms with Crippen LogP contribution in [0.3, 0.4) is 0 Å². The maximum atomic E-state index is 12.1. The third-order valence-electron chi connectivity index (χ3n) is 4.12. The van der Waals surface area contributed by atoms with Crippen LogP contribution in [0.4, 0.5) is 0 Å². The Morgan fingerprint density at radius 1 is 1.38 bits per heavy atom. The molecule has 2 N–H and O–H groups in total. The van der Waals surface area contributed by atoms with Crippen molar-refractivity contribution in [2.24, 2.45) is 0 Å². The molecule has 21 heavy (non-hydrogen) atoms. The van der Waals surface area contributed by atoms with Crippen molar-refractivity contribution in [3.8, 4) is 0 Å². The van der Waals surface area contributed by atoms with Crippen LogP contribution in [0.2, 0.25) is 0 Å². The van der Waals surface area contributed by atoms with Gasteiger partial charge in [-0.15, -0.1) is 0 Å². The summed E-state index contributed by atoms with van der Waals surface area (Å²) in [7, 11) is 0. The van der Waals surface area contributed by atoms with Crippen LogP contribution in [0.1, 0.15) is 25.6 Å². The lowest BCUT2D eigenvalue weighted by Crippen LogP contribution is -2.37. The summed E-state index contributed by atoms with van der Waals surface area (Å²) in [4.78, 5) is 21.9.